The molecule has 1 fully saturated rings. The minimum absolute atomic E-state index is 0.0401. The fraction of sp³-hybridized carbons (Fsp3) is 0.500. The highest BCUT2D eigenvalue weighted by Gasteiger charge is 2.25. The van der Waals surface area contributed by atoms with Gasteiger partial charge in [0, 0.05) is 37.3 Å². The van der Waals surface area contributed by atoms with Gasteiger partial charge in [0.25, 0.3) is 0 Å². The summed E-state index contributed by atoms with van der Waals surface area (Å²) in [5.41, 5.74) is 1.42. The topological polar surface area (TPSA) is 52.6 Å². The number of hydrogen-bond donors (Lipinski definition) is 2. The highest BCUT2D eigenvalue weighted by atomic mass is 19.1. The lowest BCUT2D eigenvalue weighted by atomic mass is 10.1. The van der Waals surface area contributed by atoms with Gasteiger partial charge in [-0.3, -0.25) is 4.79 Å². The lowest BCUT2D eigenvalue weighted by molar-refractivity contribution is -0.119. The number of rotatable bonds is 3. The second kappa shape index (κ2) is 5.57. The summed E-state index contributed by atoms with van der Waals surface area (Å²) >= 11 is 0. The third-order valence-electron chi connectivity index (χ3n) is 3.38. The largest absolute Gasteiger partial charge is 0.389 e. The van der Waals surface area contributed by atoms with E-state index in [1.54, 1.807) is 13.0 Å². The maximum Gasteiger partial charge on any atom is 0.217 e. The molecule has 0 spiro atoms. The van der Waals surface area contributed by atoms with Crippen molar-refractivity contribution in [2.75, 3.05) is 18.0 Å². The molecule has 1 aromatic rings. The first kappa shape index (κ1) is 13.8. The smallest absolute Gasteiger partial charge is 0.217 e. The van der Waals surface area contributed by atoms with Gasteiger partial charge in [0.15, 0.2) is 0 Å². The van der Waals surface area contributed by atoms with Crippen LogP contribution in [0.25, 0.3) is 0 Å². The molecule has 1 aliphatic rings. The summed E-state index contributed by atoms with van der Waals surface area (Å²) in [6.45, 7) is 4.60. The molecule has 0 bridgehead atoms. The van der Waals surface area contributed by atoms with E-state index in [4.69, 9.17) is 0 Å². The molecule has 1 amide bonds. The molecule has 2 N–H and O–H groups in total. The molecule has 2 rings (SSSR count). The molecule has 1 unspecified atom stereocenters. The van der Waals surface area contributed by atoms with Gasteiger partial charge in [-0.2, -0.15) is 0 Å². The van der Waals surface area contributed by atoms with Crippen LogP contribution in [0.2, 0.25) is 0 Å². The summed E-state index contributed by atoms with van der Waals surface area (Å²) in [5, 5.41) is 12.6. The van der Waals surface area contributed by atoms with Crippen molar-refractivity contribution in [2.45, 2.75) is 32.4 Å². The van der Waals surface area contributed by atoms with Gasteiger partial charge in [-0.25, -0.2) is 4.39 Å². The van der Waals surface area contributed by atoms with Gasteiger partial charge < -0.3 is 15.3 Å². The fourth-order valence-corrected chi connectivity index (χ4v) is 2.53. The molecule has 2 atom stereocenters. The molecular formula is C14H19FN2O2. The molecule has 1 aliphatic heterocycles. The average Bonchev–Trinajstić information content (AvgIpc) is 2.76. The molecule has 5 heteroatoms. The molecule has 0 aliphatic carbocycles. The zero-order valence-corrected chi connectivity index (χ0v) is 11.2. The molecule has 19 heavy (non-hydrogen) atoms. The van der Waals surface area contributed by atoms with Gasteiger partial charge >= 0.3 is 0 Å². The Morgan fingerprint density at radius 2 is 2.32 bits per heavy atom. The maximum atomic E-state index is 13.3. The van der Waals surface area contributed by atoms with Crippen molar-refractivity contribution in [2.24, 2.45) is 0 Å². The second-order valence-electron chi connectivity index (χ2n) is 5.01. The van der Waals surface area contributed by atoms with Crippen LogP contribution in [0.5, 0.6) is 0 Å². The molecule has 0 saturated carbocycles. The Balaban J connectivity index is 2.17. The summed E-state index contributed by atoms with van der Waals surface area (Å²) < 4.78 is 13.3. The summed E-state index contributed by atoms with van der Waals surface area (Å²) in [7, 11) is 0. The van der Waals surface area contributed by atoms with Gasteiger partial charge in [-0.05, 0) is 31.5 Å². The van der Waals surface area contributed by atoms with E-state index in [1.165, 1.54) is 19.1 Å². The van der Waals surface area contributed by atoms with Gasteiger partial charge in [-0.15, -0.1) is 0 Å². The third-order valence-corrected chi connectivity index (χ3v) is 3.38. The van der Waals surface area contributed by atoms with Gasteiger partial charge in [0.2, 0.25) is 5.91 Å². The number of carbonyl (C=O) groups excluding carboxylic acids is 1. The molecule has 0 aromatic heterocycles. The predicted molar refractivity (Wildman–Crippen MR) is 71.5 cm³/mol. The number of halogens is 1. The molecular weight excluding hydrogens is 247 g/mol. The predicted octanol–water partition coefficient (Wildman–Crippen LogP) is 1.59. The van der Waals surface area contributed by atoms with Crippen LogP contribution in [0.1, 0.15) is 31.9 Å². The number of nitrogens with one attached hydrogen (secondary N) is 1. The average molecular weight is 266 g/mol. The zero-order chi connectivity index (χ0) is 14.0. The number of anilines is 1. The molecule has 1 heterocycles. The lowest BCUT2D eigenvalue weighted by Gasteiger charge is -2.23. The summed E-state index contributed by atoms with van der Waals surface area (Å²) in [6, 6.07) is 4.57. The maximum absolute atomic E-state index is 13.3. The number of hydrogen-bond acceptors (Lipinski definition) is 3. The fourth-order valence-electron chi connectivity index (χ4n) is 2.53. The van der Waals surface area contributed by atoms with Crippen molar-refractivity contribution >= 4 is 11.6 Å². The summed E-state index contributed by atoms with van der Waals surface area (Å²) in [5.74, 6) is -0.390. The summed E-state index contributed by atoms with van der Waals surface area (Å²) in [6.07, 6.45) is 0.140. The van der Waals surface area contributed by atoms with E-state index in [-0.39, 0.29) is 17.8 Å². The Kier molecular flexibility index (Phi) is 4.04. The third kappa shape index (κ3) is 3.23. The van der Waals surface area contributed by atoms with Gasteiger partial charge in [0.1, 0.15) is 5.82 Å². The van der Waals surface area contributed by atoms with Crippen LogP contribution in [0.4, 0.5) is 10.1 Å². The van der Waals surface area contributed by atoms with E-state index in [1.807, 2.05) is 0 Å². The van der Waals surface area contributed by atoms with Crippen LogP contribution >= 0.6 is 0 Å². The van der Waals surface area contributed by atoms with Gasteiger partial charge in [0.05, 0.1) is 6.10 Å². The monoisotopic (exact) mass is 266 g/mol. The van der Waals surface area contributed by atoms with Crippen molar-refractivity contribution in [3.05, 3.63) is 29.6 Å². The van der Waals surface area contributed by atoms with Crippen LogP contribution in [0, 0.1) is 5.82 Å². The SMILES string of the molecule is CC(=O)NC1CCN(c2ccc(F)cc2[C@H](C)O)C1. The number of amides is 1. The molecule has 104 valence electrons. The molecule has 1 saturated heterocycles. The van der Waals surface area contributed by atoms with Crippen LogP contribution in [0.3, 0.4) is 0 Å². The van der Waals surface area contributed by atoms with Gasteiger partial charge in [-0.1, -0.05) is 0 Å². The minimum Gasteiger partial charge on any atom is -0.389 e. The van der Waals surface area contributed by atoms with Crippen LogP contribution in [0.15, 0.2) is 18.2 Å². The first-order chi connectivity index (χ1) is 8.97. The molecule has 4 nitrogen and oxygen atoms in total. The molecule has 0 radical (unpaired) electrons. The Bertz CT molecular complexity index is 477. The van der Waals surface area contributed by atoms with Crippen molar-refractivity contribution in [1.82, 2.24) is 5.32 Å². The van der Waals surface area contributed by atoms with Crippen LogP contribution < -0.4 is 10.2 Å². The van der Waals surface area contributed by atoms with E-state index >= 15 is 0 Å². The number of carbonyl (C=O) groups is 1. The Morgan fingerprint density at radius 1 is 1.58 bits per heavy atom. The van der Waals surface area contributed by atoms with Crippen molar-refractivity contribution in [3.8, 4) is 0 Å². The number of aliphatic hydroxyl groups is 1. The van der Waals surface area contributed by atoms with Crippen LogP contribution in [-0.4, -0.2) is 30.1 Å². The van der Waals surface area contributed by atoms with Crippen LogP contribution in [-0.2, 0) is 4.79 Å². The standard InChI is InChI=1S/C14H19FN2O2/c1-9(18)13-7-11(15)3-4-14(13)17-6-5-12(8-17)16-10(2)19/h3-4,7,9,12,18H,5-6,8H2,1-2H3,(H,16,19)/t9-,12?/m0/s1. The zero-order valence-electron chi connectivity index (χ0n) is 11.2. The van der Waals surface area contributed by atoms with E-state index < -0.39 is 6.10 Å². The Morgan fingerprint density at radius 3 is 2.95 bits per heavy atom. The highest BCUT2D eigenvalue weighted by molar-refractivity contribution is 5.73. The first-order valence-corrected chi connectivity index (χ1v) is 6.47. The summed E-state index contributed by atoms with van der Waals surface area (Å²) in [4.78, 5) is 13.1. The quantitative estimate of drug-likeness (QED) is 0.873. The van der Waals surface area contributed by atoms with Crippen molar-refractivity contribution in [1.29, 1.82) is 0 Å². The van der Waals surface area contributed by atoms with Crippen molar-refractivity contribution < 1.29 is 14.3 Å². The first-order valence-electron chi connectivity index (χ1n) is 6.47. The second-order valence-corrected chi connectivity index (χ2v) is 5.01. The number of aliphatic hydroxyl groups excluding tert-OH is 1. The number of benzene rings is 1. The van der Waals surface area contributed by atoms with E-state index in [0.717, 1.165) is 18.7 Å². The highest BCUT2D eigenvalue weighted by Crippen LogP contribution is 2.29. The van der Waals surface area contributed by atoms with E-state index in [2.05, 4.69) is 10.2 Å². The molecule has 1 aromatic carbocycles. The van der Waals surface area contributed by atoms with E-state index in [9.17, 15) is 14.3 Å². The normalized spacial score (nSPS) is 20.4. The Hall–Kier alpha value is -1.62. The van der Waals surface area contributed by atoms with Crippen molar-refractivity contribution in [3.63, 3.8) is 0 Å². The Labute approximate surface area is 112 Å². The minimum atomic E-state index is -0.717. The van der Waals surface area contributed by atoms with E-state index in [0.29, 0.717) is 12.1 Å². The lowest BCUT2D eigenvalue weighted by Crippen LogP contribution is -2.35. The number of nitrogens with zero attached hydrogens (tertiary/aromatic N) is 1.